The average molecular weight is 242 g/mol. The number of anilines is 1. The molecule has 94 valence electrons. The predicted molar refractivity (Wildman–Crippen MR) is 58.1 cm³/mol. The highest BCUT2D eigenvalue weighted by atomic mass is 16.6. The molecule has 7 nitrogen and oxygen atoms in total. The number of nitrogens with zero attached hydrogens (tertiary/aromatic N) is 1. The van der Waals surface area contributed by atoms with Crippen molar-refractivity contribution in [1.82, 2.24) is 5.16 Å². The molecule has 0 saturated heterocycles. The van der Waals surface area contributed by atoms with Gasteiger partial charge in [-0.15, -0.1) is 0 Å². The normalized spacial score (nSPS) is 11.1. The van der Waals surface area contributed by atoms with Crippen LogP contribution in [0.1, 0.15) is 36.9 Å². The zero-order valence-electron chi connectivity index (χ0n) is 10.0. The molecule has 0 aromatic carbocycles. The van der Waals surface area contributed by atoms with Gasteiger partial charge in [0.1, 0.15) is 11.2 Å². The Morgan fingerprint density at radius 2 is 2.00 bits per heavy atom. The molecule has 17 heavy (non-hydrogen) atoms. The highest BCUT2D eigenvalue weighted by Gasteiger charge is 2.23. The van der Waals surface area contributed by atoms with Gasteiger partial charge in [0.2, 0.25) is 0 Å². The lowest BCUT2D eigenvalue weighted by atomic mass is 10.2. The molecule has 1 aromatic heterocycles. The molecule has 0 radical (unpaired) electrons. The van der Waals surface area contributed by atoms with Crippen molar-refractivity contribution in [3.8, 4) is 0 Å². The smallest absolute Gasteiger partial charge is 0.413 e. The van der Waals surface area contributed by atoms with E-state index in [1.807, 2.05) is 0 Å². The molecule has 0 bridgehead atoms. The minimum Gasteiger partial charge on any atom is -0.477 e. The predicted octanol–water partition coefficient (Wildman–Crippen LogP) is 2.03. The van der Waals surface area contributed by atoms with E-state index in [4.69, 9.17) is 9.84 Å². The van der Waals surface area contributed by atoms with Gasteiger partial charge < -0.3 is 14.4 Å². The van der Waals surface area contributed by atoms with Gasteiger partial charge in [-0.25, -0.2) is 9.59 Å². The molecule has 1 heterocycles. The summed E-state index contributed by atoms with van der Waals surface area (Å²) in [6.07, 6.45) is -0.784. The molecule has 0 aliphatic rings. The number of aryl methyl sites for hydroxylation is 1. The van der Waals surface area contributed by atoms with Crippen LogP contribution in [0.3, 0.4) is 0 Å². The van der Waals surface area contributed by atoms with Crippen LogP contribution in [0.4, 0.5) is 10.6 Å². The molecule has 1 rings (SSSR count). The monoisotopic (exact) mass is 242 g/mol. The van der Waals surface area contributed by atoms with Gasteiger partial charge in [-0.2, -0.15) is 0 Å². The van der Waals surface area contributed by atoms with Crippen LogP contribution in [0.25, 0.3) is 0 Å². The third kappa shape index (κ3) is 3.47. The topological polar surface area (TPSA) is 102 Å². The highest BCUT2D eigenvalue weighted by Crippen LogP contribution is 2.19. The first-order valence-electron chi connectivity index (χ1n) is 4.90. The molecule has 7 heteroatoms. The summed E-state index contributed by atoms with van der Waals surface area (Å²) in [5.41, 5.74) is -0.859. The minimum absolute atomic E-state index is 0.114. The van der Waals surface area contributed by atoms with E-state index in [9.17, 15) is 9.59 Å². The standard InChI is InChI=1S/C10H14N2O5/c1-5-6(8(13)14)7(12-17-5)11-9(15)16-10(2,3)4/h1-4H3,(H,13,14)(H,11,12,15). The maximum atomic E-state index is 11.4. The van der Waals surface area contributed by atoms with E-state index in [-0.39, 0.29) is 17.1 Å². The number of carbonyl (C=O) groups excluding carboxylic acids is 1. The molecule has 0 fully saturated rings. The van der Waals surface area contributed by atoms with Gasteiger partial charge in [0.15, 0.2) is 11.6 Å². The van der Waals surface area contributed by atoms with E-state index in [0.29, 0.717) is 0 Å². The molecule has 0 atom stereocenters. The van der Waals surface area contributed by atoms with Crippen molar-refractivity contribution in [3.63, 3.8) is 0 Å². The van der Waals surface area contributed by atoms with Crippen molar-refractivity contribution in [1.29, 1.82) is 0 Å². The Morgan fingerprint density at radius 1 is 1.41 bits per heavy atom. The maximum Gasteiger partial charge on any atom is 0.413 e. The van der Waals surface area contributed by atoms with Crippen molar-refractivity contribution in [2.75, 3.05) is 5.32 Å². The van der Waals surface area contributed by atoms with Crippen LogP contribution in [0.2, 0.25) is 0 Å². The van der Waals surface area contributed by atoms with Gasteiger partial charge >= 0.3 is 12.1 Å². The Kier molecular flexibility index (Phi) is 3.40. The number of hydrogen-bond donors (Lipinski definition) is 2. The van der Waals surface area contributed by atoms with E-state index in [2.05, 4.69) is 15.0 Å². The zero-order chi connectivity index (χ0) is 13.2. The van der Waals surface area contributed by atoms with Crippen LogP contribution in [0.15, 0.2) is 4.52 Å². The first kappa shape index (κ1) is 13.0. The Labute approximate surface area is 97.7 Å². The van der Waals surface area contributed by atoms with Crippen LogP contribution >= 0.6 is 0 Å². The number of ether oxygens (including phenoxy) is 1. The van der Waals surface area contributed by atoms with Gasteiger partial charge in [-0.05, 0) is 27.7 Å². The van der Waals surface area contributed by atoms with E-state index in [1.165, 1.54) is 6.92 Å². The van der Waals surface area contributed by atoms with Gasteiger partial charge in [-0.3, -0.25) is 5.32 Å². The highest BCUT2D eigenvalue weighted by molar-refractivity contribution is 5.98. The summed E-state index contributed by atoms with van der Waals surface area (Å²) >= 11 is 0. The van der Waals surface area contributed by atoms with Crippen LogP contribution in [-0.2, 0) is 4.74 Å². The second-order valence-corrected chi connectivity index (χ2v) is 4.39. The van der Waals surface area contributed by atoms with Gasteiger partial charge in [0.25, 0.3) is 0 Å². The third-order valence-corrected chi connectivity index (χ3v) is 1.70. The van der Waals surface area contributed by atoms with E-state index >= 15 is 0 Å². The summed E-state index contributed by atoms with van der Waals surface area (Å²) in [7, 11) is 0. The fraction of sp³-hybridized carbons (Fsp3) is 0.500. The molecule has 2 N–H and O–H groups in total. The number of carboxylic acids is 1. The Balaban J connectivity index is 2.83. The largest absolute Gasteiger partial charge is 0.477 e. The van der Waals surface area contributed by atoms with Crippen molar-refractivity contribution in [3.05, 3.63) is 11.3 Å². The summed E-state index contributed by atoms with van der Waals surface area (Å²) < 4.78 is 9.65. The van der Waals surface area contributed by atoms with Crippen molar-refractivity contribution in [2.24, 2.45) is 0 Å². The first-order valence-corrected chi connectivity index (χ1v) is 4.90. The van der Waals surface area contributed by atoms with Gasteiger partial charge in [0.05, 0.1) is 0 Å². The molecule has 0 aliphatic heterocycles. The number of carbonyl (C=O) groups is 2. The fourth-order valence-electron chi connectivity index (χ4n) is 1.11. The lowest BCUT2D eigenvalue weighted by molar-refractivity contribution is 0.0634. The SMILES string of the molecule is Cc1onc(NC(=O)OC(C)(C)C)c1C(=O)O. The Morgan fingerprint density at radius 3 is 2.47 bits per heavy atom. The van der Waals surface area contributed by atoms with Crippen LogP contribution in [0, 0.1) is 6.92 Å². The van der Waals surface area contributed by atoms with E-state index in [1.54, 1.807) is 20.8 Å². The van der Waals surface area contributed by atoms with E-state index < -0.39 is 17.7 Å². The molecule has 0 spiro atoms. The number of amides is 1. The Bertz CT molecular complexity index is 444. The number of aromatic nitrogens is 1. The molecule has 0 aliphatic carbocycles. The third-order valence-electron chi connectivity index (χ3n) is 1.70. The second-order valence-electron chi connectivity index (χ2n) is 4.39. The number of nitrogens with one attached hydrogen (secondary N) is 1. The van der Waals surface area contributed by atoms with Crippen LogP contribution in [0.5, 0.6) is 0 Å². The lowest BCUT2D eigenvalue weighted by Crippen LogP contribution is -2.27. The molecule has 0 unspecified atom stereocenters. The van der Waals surface area contributed by atoms with Gasteiger partial charge in [0, 0.05) is 0 Å². The summed E-state index contributed by atoms with van der Waals surface area (Å²) in [4.78, 5) is 22.3. The molecule has 0 saturated carbocycles. The lowest BCUT2D eigenvalue weighted by Gasteiger charge is -2.19. The van der Waals surface area contributed by atoms with Crippen LogP contribution in [-0.4, -0.2) is 27.9 Å². The summed E-state index contributed by atoms with van der Waals surface area (Å²) in [6, 6.07) is 0. The number of rotatable bonds is 2. The van der Waals surface area contributed by atoms with Crippen molar-refractivity contribution >= 4 is 17.9 Å². The molecule has 1 aromatic rings. The van der Waals surface area contributed by atoms with Crippen LogP contribution < -0.4 is 5.32 Å². The molecular formula is C10H14N2O5. The van der Waals surface area contributed by atoms with Gasteiger partial charge in [-0.1, -0.05) is 5.16 Å². The summed E-state index contributed by atoms with van der Waals surface area (Å²) in [5, 5.41) is 14.6. The summed E-state index contributed by atoms with van der Waals surface area (Å²) in [6.45, 7) is 6.52. The molecule has 1 amide bonds. The quantitative estimate of drug-likeness (QED) is 0.822. The molecular weight excluding hydrogens is 228 g/mol. The van der Waals surface area contributed by atoms with Crippen molar-refractivity contribution in [2.45, 2.75) is 33.3 Å². The van der Waals surface area contributed by atoms with E-state index in [0.717, 1.165) is 0 Å². The average Bonchev–Trinajstić information content (AvgIpc) is 2.42. The zero-order valence-corrected chi connectivity index (χ0v) is 10.0. The first-order chi connectivity index (χ1) is 7.70. The summed E-state index contributed by atoms with van der Waals surface area (Å²) in [5.74, 6) is -1.28. The second kappa shape index (κ2) is 4.44. The number of hydrogen-bond acceptors (Lipinski definition) is 5. The minimum atomic E-state index is -1.23. The fourth-order valence-corrected chi connectivity index (χ4v) is 1.11. The number of carboxylic acid groups (broad SMARTS) is 1. The Hall–Kier alpha value is -2.05. The number of aromatic carboxylic acids is 1. The maximum absolute atomic E-state index is 11.4. The van der Waals surface area contributed by atoms with Crippen molar-refractivity contribution < 1.29 is 24.0 Å².